The summed E-state index contributed by atoms with van der Waals surface area (Å²) >= 11 is 0. The van der Waals surface area contributed by atoms with Crippen LogP contribution in [0.15, 0.2) is 0 Å². The van der Waals surface area contributed by atoms with Crippen molar-refractivity contribution in [3.05, 3.63) is 0 Å². The molecule has 1 rings (SSSR count). The normalized spacial score (nSPS) is 27.1. The Hall–Kier alpha value is -0.610. The zero-order valence-electron chi connectivity index (χ0n) is 13.7. The maximum absolute atomic E-state index is 12.2. The summed E-state index contributed by atoms with van der Waals surface area (Å²) < 4.78 is 0. The van der Waals surface area contributed by atoms with Crippen LogP contribution in [0.5, 0.6) is 0 Å². The minimum atomic E-state index is -0.619. The van der Waals surface area contributed by atoms with E-state index in [1.807, 2.05) is 0 Å². The average molecular weight is 283 g/mol. The molecule has 0 radical (unpaired) electrons. The predicted octanol–water partition coefficient (Wildman–Crippen LogP) is 2.13. The summed E-state index contributed by atoms with van der Waals surface area (Å²) in [7, 11) is 2.14. The quantitative estimate of drug-likeness (QED) is 0.704. The molecule has 0 aromatic carbocycles. The van der Waals surface area contributed by atoms with Gasteiger partial charge in [-0.05, 0) is 59.0 Å². The number of unbranched alkanes of at least 4 members (excludes halogenated alkanes) is 1. The van der Waals surface area contributed by atoms with Gasteiger partial charge in [0, 0.05) is 12.6 Å². The molecule has 2 atom stereocenters. The number of nitrogens with two attached hydrogens (primary N) is 1. The van der Waals surface area contributed by atoms with Gasteiger partial charge in [-0.15, -0.1) is 0 Å². The molecule has 1 fully saturated rings. The van der Waals surface area contributed by atoms with Gasteiger partial charge < -0.3 is 16.0 Å². The van der Waals surface area contributed by atoms with Crippen LogP contribution in [-0.2, 0) is 4.79 Å². The molecule has 20 heavy (non-hydrogen) atoms. The first kappa shape index (κ1) is 17.4. The van der Waals surface area contributed by atoms with Crippen LogP contribution < -0.4 is 11.1 Å². The summed E-state index contributed by atoms with van der Waals surface area (Å²) in [5.74, 6) is 0.625. The minimum Gasteiger partial charge on any atom is -0.355 e. The molecule has 1 aliphatic carbocycles. The lowest BCUT2D eigenvalue weighted by molar-refractivity contribution is -0.128. The zero-order valence-corrected chi connectivity index (χ0v) is 13.7. The van der Waals surface area contributed by atoms with Crippen LogP contribution in [0.4, 0.5) is 0 Å². The first-order chi connectivity index (χ1) is 9.35. The Morgan fingerprint density at radius 1 is 1.45 bits per heavy atom. The van der Waals surface area contributed by atoms with E-state index in [-0.39, 0.29) is 5.91 Å². The highest BCUT2D eigenvalue weighted by atomic mass is 16.2. The van der Waals surface area contributed by atoms with E-state index < -0.39 is 5.54 Å². The Labute approximate surface area is 124 Å². The maximum Gasteiger partial charge on any atom is 0.240 e. The second kappa shape index (κ2) is 7.99. The molecule has 1 aliphatic rings. The zero-order chi connectivity index (χ0) is 15.2. The summed E-state index contributed by atoms with van der Waals surface area (Å²) in [6, 6.07) is 0.584. The molecule has 4 heteroatoms. The van der Waals surface area contributed by atoms with Crippen LogP contribution in [0.25, 0.3) is 0 Å². The van der Waals surface area contributed by atoms with E-state index >= 15 is 0 Å². The molecule has 1 saturated carbocycles. The van der Waals surface area contributed by atoms with E-state index in [0.29, 0.717) is 12.0 Å². The molecular formula is C16H33N3O. The van der Waals surface area contributed by atoms with Crippen molar-refractivity contribution >= 4 is 5.91 Å². The van der Waals surface area contributed by atoms with Gasteiger partial charge in [0.05, 0.1) is 5.54 Å². The van der Waals surface area contributed by atoms with Gasteiger partial charge in [0.25, 0.3) is 0 Å². The maximum atomic E-state index is 12.2. The summed E-state index contributed by atoms with van der Waals surface area (Å²) in [5, 5.41) is 3.03. The molecule has 0 aliphatic heterocycles. The van der Waals surface area contributed by atoms with Gasteiger partial charge in [-0.3, -0.25) is 4.79 Å². The fourth-order valence-electron chi connectivity index (χ4n) is 2.92. The number of carbonyl (C=O) groups excluding carboxylic acids is 1. The highest BCUT2D eigenvalue weighted by molar-refractivity contribution is 5.86. The summed E-state index contributed by atoms with van der Waals surface area (Å²) in [6.45, 7) is 8.42. The minimum absolute atomic E-state index is 0.0567. The third-order valence-corrected chi connectivity index (χ3v) is 4.59. The van der Waals surface area contributed by atoms with E-state index in [0.717, 1.165) is 45.2 Å². The predicted molar refractivity (Wildman–Crippen MR) is 84.6 cm³/mol. The highest BCUT2D eigenvalue weighted by Crippen LogP contribution is 2.30. The van der Waals surface area contributed by atoms with Crippen LogP contribution >= 0.6 is 0 Å². The van der Waals surface area contributed by atoms with Crippen LogP contribution in [0.1, 0.15) is 59.3 Å². The third kappa shape index (κ3) is 5.41. The van der Waals surface area contributed by atoms with Crippen molar-refractivity contribution in [2.75, 3.05) is 20.1 Å². The number of rotatable bonds is 7. The van der Waals surface area contributed by atoms with Gasteiger partial charge in [0.1, 0.15) is 0 Å². The molecule has 0 heterocycles. The van der Waals surface area contributed by atoms with Crippen LogP contribution in [0.2, 0.25) is 0 Å². The van der Waals surface area contributed by atoms with Gasteiger partial charge in [0.2, 0.25) is 5.91 Å². The summed E-state index contributed by atoms with van der Waals surface area (Å²) in [5.41, 5.74) is 5.66. The second-order valence-corrected chi connectivity index (χ2v) is 6.90. The van der Waals surface area contributed by atoms with E-state index in [2.05, 4.69) is 38.0 Å². The van der Waals surface area contributed by atoms with E-state index in [9.17, 15) is 4.79 Å². The van der Waals surface area contributed by atoms with Crippen molar-refractivity contribution in [3.63, 3.8) is 0 Å². The Bertz CT molecular complexity index is 306. The van der Waals surface area contributed by atoms with Crippen molar-refractivity contribution in [2.45, 2.75) is 70.9 Å². The van der Waals surface area contributed by atoms with Gasteiger partial charge in [-0.25, -0.2) is 0 Å². The lowest BCUT2D eigenvalue weighted by atomic mass is 9.76. The van der Waals surface area contributed by atoms with Crippen molar-refractivity contribution in [1.82, 2.24) is 10.2 Å². The first-order valence-corrected chi connectivity index (χ1v) is 8.12. The molecule has 1 amide bonds. The number of amides is 1. The third-order valence-electron chi connectivity index (χ3n) is 4.59. The monoisotopic (exact) mass is 283 g/mol. The smallest absolute Gasteiger partial charge is 0.240 e. The molecule has 3 N–H and O–H groups in total. The van der Waals surface area contributed by atoms with Crippen molar-refractivity contribution < 1.29 is 4.79 Å². The van der Waals surface area contributed by atoms with Gasteiger partial charge in [-0.1, -0.05) is 19.8 Å². The molecule has 0 aromatic heterocycles. The molecule has 0 aromatic rings. The van der Waals surface area contributed by atoms with E-state index in [4.69, 9.17) is 5.73 Å². The fraction of sp³-hybridized carbons (Fsp3) is 0.938. The van der Waals surface area contributed by atoms with E-state index in [1.165, 1.54) is 6.42 Å². The van der Waals surface area contributed by atoms with Crippen LogP contribution in [0, 0.1) is 5.92 Å². The molecular weight excluding hydrogens is 250 g/mol. The molecule has 118 valence electrons. The van der Waals surface area contributed by atoms with Crippen molar-refractivity contribution in [3.8, 4) is 0 Å². The second-order valence-electron chi connectivity index (χ2n) is 6.90. The molecule has 4 nitrogen and oxygen atoms in total. The topological polar surface area (TPSA) is 58.4 Å². The number of nitrogens with zero attached hydrogens (tertiary/aromatic N) is 1. The number of carbonyl (C=O) groups is 1. The highest BCUT2D eigenvalue weighted by Gasteiger charge is 2.37. The number of hydrogen-bond acceptors (Lipinski definition) is 3. The van der Waals surface area contributed by atoms with E-state index in [1.54, 1.807) is 0 Å². The summed E-state index contributed by atoms with van der Waals surface area (Å²) in [6.07, 6.45) is 6.07. The SMILES string of the molecule is CC1CCCC(N)(C(=O)NCCCCN(C)C(C)C)C1. The standard InChI is InChI=1S/C16H33N3O/c1-13(2)19(4)11-6-5-10-18-15(20)16(17)9-7-8-14(3)12-16/h13-14H,5-12,17H2,1-4H3,(H,18,20). The molecule has 0 saturated heterocycles. The van der Waals surface area contributed by atoms with Gasteiger partial charge >= 0.3 is 0 Å². The molecule has 0 bridgehead atoms. The van der Waals surface area contributed by atoms with Crippen LogP contribution in [-0.4, -0.2) is 42.5 Å². The Morgan fingerprint density at radius 2 is 2.15 bits per heavy atom. The molecule has 2 unspecified atom stereocenters. The lowest BCUT2D eigenvalue weighted by Crippen LogP contribution is -2.56. The lowest BCUT2D eigenvalue weighted by Gasteiger charge is -2.35. The van der Waals surface area contributed by atoms with Gasteiger partial charge in [0.15, 0.2) is 0 Å². The first-order valence-electron chi connectivity index (χ1n) is 8.12. The largest absolute Gasteiger partial charge is 0.355 e. The number of hydrogen-bond donors (Lipinski definition) is 2. The average Bonchev–Trinajstić information content (AvgIpc) is 2.37. The molecule has 0 spiro atoms. The van der Waals surface area contributed by atoms with Crippen molar-refractivity contribution in [1.29, 1.82) is 0 Å². The fourth-order valence-corrected chi connectivity index (χ4v) is 2.92. The van der Waals surface area contributed by atoms with Crippen LogP contribution in [0.3, 0.4) is 0 Å². The Morgan fingerprint density at radius 3 is 2.75 bits per heavy atom. The van der Waals surface area contributed by atoms with Gasteiger partial charge in [-0.2, -0.15) is 0 Å². The van der Waals surface area contributed by atoms with Crippen molar-refractivity contribution in [2.24, 2.45) is 11.7 Å². The Balaban J connectivity index is 2.20. The Kier molecular flexibility index (Phi) is 6.96. The number of nitrogens with one attached hydrogen (secondary N) is 1. The summed E-state index contributed by atoms with van der Waals surface area (Å²) in [4.78, 5) is 14.6.